The van der Waals surface area contributed by atoms with Crippen molar-refractivity contribution in [3.05, 3.63) is 54.0 Å². The van der Waals surface area contributed by atoms with Crippen molar-refractivity contribution < 1.29 is 18.7 Å². The van der Waals surface area contributed by atoms with Gasteiger partial charge >= 0.3 is 5.97 Å². The number of nitrogens with zero attached hydrogens (tertiary/aromatic N) is 4. The highest BCUT2D eigenvalue weighted by Crippen LogP contribution is 2.35. The Kier molecular flexibility index (Phi) is 4.27. The Hall–Kier alpha value is -3.36. The van der Waals surface area contributed by atoms with Gasteiger partial charge in [0.1, 0.15) is 0 Å². The van der Waals surface area contributed by atoms with Crippen LogP contribution in [0, 0.1) is 0 Å². The van der Waals surface area contributed by atoms with E-state index in [4.69, 9.17) is 5.11 Å². The van der Waals surface area contributed by atoms with E-state index >= 15 is 0 Å². The Morgan fingerprint density at radius 2 is 1.96 bits per heavy atom. The van der Waals surface area contributed by atoms with Crippen LogP contribution in [0.3, 0.4) is 0 Å². The molecule has 2 heterocycles. The lowest BCUT2D eigenvalue weighted by Crippen LogP contribution is -2.02. The Morgan fingerprint density at radius 3 is 2.59 bits per heavy atom. The first kappa shape index (κ1) is 17.1. The molecule has 3 aromatic rings. The van der Waals surface area contributed by atoms with Gasteiger partial charge in [-0.25, -0.2) is 23.5 Å². The molecule has 9 heteroatoms. The van der Waals surface area contributed by atoms with E-state index in [1.165, 1.54) is 24.3 Å². The quantitative estimate of drug-likeness (QED) is 0.679. The molecule has 27 heavy (non-hydrogen) atoms. The molecule has 0 amide bonds. The lowest BCUT2D eigenvalue weighted by Gasteiger charge is -2.10. The Balaban J connectivity index is 1.65. The topological polar surface area (TPSA) is 92.9 Å². The van der Waals surface area contributed by atoms with Crippen LogP contribution in [0.25, 0.3) is 11.3 Å². The Labute approximate surface area is 152 Å². The zero-order valence-electron chi connectivity index (χ0n) is 14.0. The van der Waals surface area contributed by atoms with Crippen LogP contribution >= 0.6 is 0 Å². The summed E-state index contributed by atoms with van der Waals surface area (Å²) in [5.41, 5.74) is 0.844. The summed E-state index contributed by atoms with van der Waals surface area (Å²) in [5, 5.41) is 16.2. The van der Waals surface area contributed by atoms with Crippen molar-refractivity contribution in [3.63, 3.8) is 0 Å². The van der Waals surface area contributed by atoms with Crippen LogP contribution in [0.2, 0.25) is 0 Å². The normalized spacial score (nSPS) is 13.7. The van der Waals surface area contributed by atoms with E-state index in [0.29, 0.717) is 17.3 Å². The van der Waals surface area contributed by atoms with Crippen LogP contribution in [-0.2, 0) is 0 Å². The molecular formula is C18H15F2N5O2. The highest BCUT2D eigenvalue weighted by molar-refractivity contribution is 5.88. The van der Waals surface area contributed by atoms with E-state index in [9.17, 15) is 13.6 Å². The molecule has 0 saturated heterocycles. The summed E-state index contributed by atoms with van der Waals surface area (Å²) in [4.78, 5) is 19.2. The lowest BCUT2D eigenvalue weighted by atomic mass is 10.1. The smallest absolute Gasteiger partial charge is 0.335 e. The molecule has 0 unspecified atom stereocenters. The minimum absolute atomic E-state index is 0.0500. The van der Waals surface area contributed by atoms with Crippen LogP contribution in [-0.4, -0.2) is 30.8 Å². The number of alkyl halides is 2. The van der Waals surface area contributed by atoms with E-state index in [1.54, 1.807) is 6.20 Å². The second-order valence-electron chi connectivity index (χ2n) is 6.25. The second kappa shape index (κ2) is 6.75. The van der Waals surface area contributed by atoms with Gasteiger partial charge in [0.05, 0.1) is 34.7 Å². The molecule has 2 N–H and O–H groups in total. The van der Waals surface area contributed by atoms with Crippen LogP contribution in [0.4, 0.5) is 20.4 Å². The SMILES string of the molecule is O=C(O)c1ccc(-c2nc(Nc3cnn(C4CC4)c3)ncc2C(F)F)cc1. The van der Waals surface area contributed by atoms with Crippen LogP contribution < -0.4 is 5.32 Å². The number of halogens is 2. The number of benzene rings is 1. The average molecular weight is 371 g/mol. The number of aromatic nitrogens is 4. The summed E-state index contributed by atoms with van der Waals surface area (Å²) in [5.74, 6) is -0.930. The fraction of sp³-hybridized carbons (Fsp3) is 0.222. The molecule has 1 aromatic carbocycles. The van der Waals surface area contributed by atoms with E-state index in [-0.39, 0.29) is 22.8 Å². The molecule has 0 radical (unpaired) electrons. The first-order chi connectivity index (χ1) is 13.0. The van der Waals surface area contributed by atoms with Gasteiger partial charge in [-0.2, -0.15) is 5.10 Å². The van der Waals surface area contributed by atoms with Crippen molar-refractivity contribution in [2.75, 3.05) is 5.32 Å². The molecule has 0 aliphatic heterocycles. The van der Waals surface area contributed by atoms with Crippen molar-refractivity contribution in [3.8, 4) is 11.3 Å². The summed E-state index contributed by atoms with van der Waals surface area (Å²) in [6.45, 7) is 0. The van der Waals surface area contributed by atoms with Crippen molar-refractivity contribution in [1.29, 1.82) is 0 Å². The Bertz CT molecular complexity index is 984. The summed E-state index contributed by atoms with van der Waals surface area (Å²) < 4.78 is 28.6. The number of hydrogen-bond donors (Lipinski definition) is 2. The zero-order valence-corrected chi connectivity index (χ0v) is 14.0. The van der Waals surface area contributed by atoms with Crippen LogP contribution in [0.1, 0.15) is 41.2 Å². The predicted octanol–water partition coefficient (Wildman–Crippen LogP) is 4.05. The molecular weight excluding hydrogens is 356 g/mol. The Morgan fingerprint density at radius 1 is 1.22 bits per heavy atom. The molecule has 1 aliphatic carbocycles. The van der Waals surface area contributed by atoms with Crippen LogP contribution in [0.5, 0.6) is 0 Å². The molecule has 4 rings (SSSR count). The number of hydrogen-bond acceptors (Lipinski definition) is 5. The number of carbonyl (C=O) groups is 1. The van der Waals surface area contributed by atoms with Crippen molar-refractivity contribution in [1.82, 2.24) is 19.7 Å². The maximum Gasteiger partial charge on any atom is 0.335 e. The van der Waals surface area contributed by atoms with Crippen molar-refractivity contribution >= 4 is 17.6 Å². The van der Waals surface area contributed by atoms with Gasteiger partial charge < -0.3 is 10.4 Å². The molecule has 7 nitrogen and oxygen atoms in total. The maximum absolute atomic E-state index is 13.4. The van der Waals surface area contributed by atoms with Gasteiger partial charge in [-0.1, -0.05) is 12.1 Å². The summed E-state index contributed by atoms with van der Waals surface area (Å²) >= 11 is 0. The molecule has 0 spiro atoms. The summed E-state index contributed by atoms with van der Waals surface area (Å²) in [6, 6.07) is 6.02. The van der Waals surface area contributed by atoms with Gasteiger partial charge in [-0.05, 0) is 25.0 Å². The third-order valence-electron chi connectivity index (χ3n) is 4.24. The fourth-order valence-electron chi connectivity index (χ4n) is 2.68. The van der Waals surface area contributed by atoms with Gasteiger partial charge in [0.15, 0.2) is 0 Å². The zero-order chi connectivity index (χ0) is 19.0. The largest absolute Gasteiger partial charge is 0.478 e. The third kappa shape index (κ3) is 3.62. The predicted molar refractivity (Wildman–Crippen MR) is 93.2 cm³/mol. The van der Waals surface area contributed by atoms with Gasteiger partial charge in [0, 0.05) is 18.0 Å². The molecule has 1 fully saturated rings. The maximum atomic E-state index is 13.4. The highest BCUT2D eigenvalue weighted by atomic mass is 19.3. The van der Waals surface area contributed by atoms with E-state index in [1.807, 2.05) is 10.9 Å². The standard InChI is InChI=1S/C18H15F2N5O2/c19-16(20)14-8-21-18(23-12-7-22-25(9-12)13-5-6-13)24-15(14)10-1-3-11(4-2-10)17(26)27/h1-4,7-9,13,16H,5-6H2,(H,26,27)(H,21,23,24). The summed E-state index contributed by atoms with van der Waals surface area (Å²) in [7, 11) is 0. The lowest BCUT2D eigenvalue weighted by molar-refractivity contribution is 0.0697. The highest BCUT2D eigenvalue weighted by Gasteiger charge is 2.24. The van der Waals surface area contributed by atoms with Crippen LogP contribution in [0.15, 0.2) is 42.9 Å². The van der Waals surface area contributed by atoms with Crippen molar-refractivity contribution in [2.24, 2.45) is 0 Å². The molecule has 0 bridgehead atoms. The minimum Gasteiger partial charge on any atom is -0.478 e. The molecule has 2 aromatic heterocycles. The number of anilines is 2. The van der Waals surface area contributed by atoms with Gasteiger partial charge in [0.25, 0.3) is 6.43 Å². The third-order valence-corrected chi connectivity index (χ3v) is 4.24. The first-order valence-electron chi connectivity index (χ1n) is 8.31. The number of aromatic carboxylic acids is 1. The van der Waals surface area contributed by atoms with Gasteiger partial charge in [-0.15, -0.1) is 0 Å². The average Bonchev–Trinajstić information content (AvgIpc) is 3.41. The minimum atomic E-state index is -2.76. The number of rotatable bonds is 6. The first-order valence-corrected chi connectivity index (χ1v) is 8.31. The molecule has 0 atom stereocenters. The fourth-order valence-corrected chi connectivity index (χ4v) is 2.68. The van der Waals surface area contributed by atoms with Gasteiger partial charge in [-0.3, -0.25) is 4.68 Å². The van der Waals surface area contributed by atoms with E-state index in [0.717, 1.165) is 19.0 Å². The monoisotopic (exact) mass is 371 g/mol. The van der Waals surface area contributed by atoms with Crippen molar-refractivity contribution in [2.45, 2.75) is 25.3 Å². The molecule has 1 saturated carbocycles. The number of carboxylic acid groups (broad SMARTS) is 1. The second-order valence-corrected chi connectivity index (χ2v) is 6.25. The van der Waals surface area contributed by atoms with Gasteiger partial charge in [0.2, 0.25) is 5.95 Å². The molecule has 1 aliphatic rings. The van der Waals surface area contributed by atoms with E-state index in [2.05, 4.69) is 20.4 Å². The number of carboxylic acids is 1. The van der Waals surface area contributed by atoms with E-state index < -0.39 is 12.4 Å². The molecule has 138 valence electrons. The number of nitrogens with one attached hydrogen (secondary N) is 1. The summed E-state index contributed by atoms with van der Waals surface area (Å²) in [6.07, 6.45) is 3.96.